The minimum atomic E-state index is -0.0463. The molecule has 1 N–H and O–H groups in total. The lowest BCUT2D eigenvalue weighted by molar-refractivity contribution is 0.0898. The predicted octanol–water partition coefficient (Wildman–Crippen LogP) is 1.93. The van der Waals surface area contributed by atoms with Crippen LogP contribution in [-0.4, -0.2) is 44.7 Å². The summed E-state index contributed by atoms with van der Waals surface area (Å²) in [6.07, 6.45) is 4.34. The van der Waals surface area contributed by atoms with Gasteiger partial charge in [-0.1, -0.05) is 0 Å². The maximum Gasteiger partial charge on any atom is 0.289 e. The maximum absolute atomic E-state index is 12.5. The van der Waals surface area contributed by atoms with Crippen LogP contribution in [0, 0.1) is 11.8 Å². The number of thiophene rings is 1. The average molecular weight is 357 g/mol. The number of likely N-dealkylation sites (tertiary alicyclic amines) is 1. The number of fused-ring (bicyclic) bond motifs is 2. The summed E-state index contributed by atoms with van der Waals surface area (Å²) in [5, 5.41) is 16.0. The first-order valence-electron chi connectivity index (χ1n) is 9.22. The van der Waals surface area contributed by atoms with Crippen LogP contribution in [0.25, 0.3) is 0 Å². The smallest absolute Gasteiger partial charge is 0.289 e. The van der Waals surface area contributed by atoms with Crippen molar-refractivity contribution in [2.24, 2.45) is 11.8 Å². The van der Waals surface area contributed by atoms with E-state index in [9.17, 15) is 4.79 Å². The number of nitrogens with one attached hydrogen (secondary N) is 1. The molecule has 0 aromatic carbocycles. The number of aromatic nitrogens is 3. The molecule has 7 heteroatoms. The number of hydrogen-bond acceptors (Lipinski definition) is 5. The Morgan fingerprint density at radius 2 is 2.12 bits per heavy atom. The minimum Gasteiger partial charge on any atom is -0.347 e. The van der Waals surface area contributed by atoms with Crippen molar-refractivity contribution in [2.45, 2.75) is 44.8 Å². The fourth-order valence-corrected chi connectivity index (χ4v) is 5.02. The molecule has 2 aliphatic heterocycles. The average Bonchev–Trinajstić information content (AvgIpc) is 3.27. The largest absolute Gasteiger partial charge is 0.347 e. The molecule has 132 valence electrons. The van der Waals surface area contributed by atoms with Crippen LogP contribution in [0.1, 0.15) is 41.3 Å². The van der Waals surface area contributed by atoms with Gasteiger partial charge in [0.1, 0.15) is 5.82 Å². The van der Waals surface area contributed by atoms with E-state index < -0.39 is 0 Å². The molecule has 0 bridgehead atoms. The third kappa shape index (κ3) is 2.89. The van der Waals surface area contributed by atoms with Gasteiger partial charge in [-0.3, -0.25) is 9.69 Å². The fraction of sp³-hybridized carbons (Fsp3) is 0.611. The summed E-state index contributed by atoms with van der Waals surface area (Å²) in [7, 11) is 0. The molecule has 1 saturated heterocycles. The molecule has 0 radical (unpaired) electrons. The number of hydrogen-bond donors (Lipinski definition) is 1. The topological polar surface area (TPSA) is 63.1 Å². The highest BCUT2D eigenvalue weighted by atomic mass is 32.1. The van der Waals surface area contributed by atoms with E-state index >= 15 is 0 Å². The van der Waals surface area contributed by atoms with Gasteiger partial charge in [0.2, 0.25) is 5.82 Å². The molecule has 1 aliphatic carbocycles. The Morgan fingerprint density at radius 1 is 1.24 bits per heavy atom. The van der Waals surface area contributed by atoms with E-state index in [-0.39, 0.29) is 5.91 Å². The Kier molecular flexibility index (Phi) is 3.86. The summed E-state index contributed by atoms with van der Waals surface area (Å²) in [5.41, 5.74) is 1.41. The van der Waals surface area contributed by atoms with Crippen molar-refractivity contribution >= 4 is 17.2 Å². The first kappa shape index (κ1) is 15.5. The highest BCUT2D eigenvalue weighted by molar-refractivity contribution is 7.07. The molecule has 0 spiro atoms. The van der Waals surface area contributed by atoms with E-state index in [0.29, 0.717) is 23.7 Å². The second kappa shape index (κ2) is 6.21. The summed E-state index contributed by atoms with van der Waals surface area (Å²) in [5.74, 6) is 2.68. The van der Waals surface area contributed by atoms with Crippen molar-refractivity contribution in [3.05, 3.63) is 34.0 Å². The number of amides is 1. The molecule has 3 aliphatic rings. The van der Waals surface area contributed by atoms with E-state index in [0.717, 1.165) is 51.3 Å². The van der Waals surface area contributed by atoms with Crippen LogP contribution < -0.4 is 5.32 Å². The monoisotopic (exact) mass is 357 g/mol. The van der Waals surface area contributed by atoms with Gasteiger partial charge in [0.15, 0.2) is 0 Å². The first-order chi connectivity index (χ1) is 12.3. The second-order valence-corrected chi connectivity index (χ2v) is 8.48. The lowest BCUT2D eigenvalue weighted by Gasteiger charge is -2.28. The van der Waals surface area contributed by atoms with Crippen molar-refractivity contribution < 1.29 is 4.79 Å². The van der Waals surface area contributed by atoms with Crippen molar-refractivity contribution in [1.82, 2.24) is 25.0 Å². The van der Waals surface area contributed by atoms with Crippen LogP contribution in [0.15, 0.2) is 16.8 Å². The van der Waals surface area contributed by atoms with Crippen LogP contribution in [0.4, 0.5) is 0 Å². The quantitative estimate of drug-likeness (QED) is 0.908. The Balaban J connectivity index is 1.28. The van der Waals surface area contributed by atoms with Crippen LogP contribution in [-0.2, 0) is 19.5 Å². The zero-order valence-electron chi connectivity index (χ0n) is 14.2. The molecule has 5 rings (SSSR count). The van der Waals surface area contributed by atoms with Gasteiger partial charge in [-0.05, 0) is 53.5 Å². The van der Waals surface area contributed by atoms with Crippen LogP contribution in [0.2, 0.25) is 0 Å². The third-order valence-electron chi connectivity index (χ3n) is 5.97. The molecular formula is C18H23N5OS. The molecule has 0 unspecified atom stereocenters. The molecular weight excluding hydrogens is 334 g/mol. The standard InChI is InChI=1S/C18H23N5OS/c24-18(19-15-2-1-3-15)17-21-20-16-6-13-8-22(7-12-4-5-25-11-12)9-14(13)10-23(16)17/h4-5,11,13-15H,1-3,6-10H2,(H,19,24)/t13-,14+/m0/s1. The first-order valence-corrected chi connectivity index (χ1v) is 10.2. The second-order valence-electron chi connectivity index (χ2n) is 7.70. The Bertz CT molecular complexity index is 767. The van der Waals surface area contributed by atoms with Crippen molar-refractivity contribution in [3.8, 4) is 0 Å². The highest BCUT2D eigenvalue weighted by Crippen LogP contribution is 2.33. The zero-order chi connectivity index (χ0) is 16.8. The van der Waals surface area contributed by atoms with Gasteiger partial charge in [0.05, 0.1) is 0 Å². The van der Waals surface area contributed by atoms with Crippen molar-refractivity contribution in [1.29, 1.82) is 0 Å². The van der Waals surface area contributed by atoms with E-state index in [1.54, 1.807) is 11.3 Å². The van der Waals surface area contributed by atoms with E-state index in [1.807, 2.05) is 0 Å². The third-order valence-corrected chi connectivity index (χ3v) is 6.70. The Labute approximate surface area is 151 Å². The number of carbonyl (C=O) groups is 1. The van der Waals surface area contributed by atoms with Crippen LogP contribution in [0.5, 0.6) is 0 Å². The Morgan fingerprint density at radius 3 is 2.88 bits per heavy atom. The molecule has 1 saturated carbocycles. The number of carbonyl (C=O) groups excluding carboxylic acids is 1. The molecule has 2 atom stereocenters. The lowest BCUT2D eigenvalue weighted by atomic mass is 9.89. The molecule has 4 heterocycles. The van der Waals surface area contributed by atoms with Gasteiger partial charge < -0.3 is 9.88 Å². The van der Waals surface area contributed by atoms with Gasteiger partial charge in [0, 0.05) is 38.6 Å². The van der Waals surface area contributed by atoms with Gasteiger partial charge >= 0.3 is 0 Å². The van der Waals surface area contributed by atoms with Crippen LogP contribution in [0.3, 0.4) is 0 Å². The minimum absolute atomic E-state index is 0.0463. The molecule has 2 aromatic rings. The Hall–Kier alpha value is -1.73. The molecule has 2 fully saturated rings. The molecule has 6 nitrogen and oxygen atoms in total. The fourth-order valence-electron chi connectivity index (χ4n) is 4.36. The normalized spacial score (nSPS) is 26.1. The zero-order valence-corrected chi connectivity index (χ0v) is 15.0. The van der Waals surface area contributed by atoms with E-state index in [4.69, 9.17) is 0 Å². The van der Waals surface area contributed by atoms with Crippen molar-refractivity contribution in [2.75, 3.05) is 13.1 Å². The molecule has 2 aromatic heterocycles. The number of rotatable bonds is 4. The van der Waals surface area contributed by atoms with E-state index in [2.05, 4.69) is 41.8 Å². The molecule has 1 amide bonds. The number of nitrogens with zero attached hydrogens (tertiary/aromatic N) is 4. The summed E-state index contributed by atoms with van der Waals surface area (Å²) >= 11 is 1.76. The van der Waals surface area contributed by atoms with Gasteiger partial charge in [-0.2, -0.15) is 11.3 Å². The highest BCUT2D eigenvalue weighted by Gasteiger charge is 2.39. The molecule has 25 heavy (non-hydrogen) atoms. The summed E-state index contributed by atoms with van der Waals surface area (Å²) in [6.45, 7) is 4.13. The summed E-state index contributed by atoms with van der Waals surface area (Å²) < 4.78 is 2.07. The van der Waals surface area contributed by atoms with E-state index in [1.165, 1.54) is 12.0 Å². The lowest BCUT2D eigenvalue weighted by Crippen LogP contribution is -2.41. The SMILES string of the molecule is O=C(NC1CCC1)c1nnc2n1C[C@H]1CN(Cc3ccsc3)C[C@@H]1C2. The maximum atomic E-state index is 12.5. The van der Waals surface area contributed by atoms with Gasteiger partial charge in [-0.25, -0.2) is 0 Å². The van der Waals surface area contributed by atoms with Crippen molar-refractivity contribution in [3.63, 3.8) is 0 Å². The summed E-state index contributed by atoms with van der Waals surface area (Å²) in [6, 6.07) is 2.55. The predicted molar refractivity (Wildman–Crippen MR) is 95.4 cm³/mol. The van der Waals surface area contributed by atoms with Gasteiger partial charge in [0.25, 0.3) is 5.91 Å². The van der Waals surface area contributed by atoms with Crippen LogP contribution >= 0.6 is 11.3 Å². The summed E-state index contributed by atoms with van der Waals surface area (Å²) in [4.78, 5) is 15.1. The van der Waals surface area contributed by atoms with Gasteiger partial charge in [-0.15, -0.1) is 10.2 Å².